The number of halogens is 2. The van der Waals surface area contributed by atoms with Crippen molar-refractivity contribution >= 4 is 29.1 Å². The Labute approximate surface area is 187 Å². The Kier molecular flexibility index (Phi) is 6.58. The van der Waals surface area contributed by atoms with E-state index in [0.29, 0.717) is 12.5 Å². The first kappa shape index (κ1) is 21.8. The van der Waals surface area contributed by atoms with Gasteiger partial charge >= 0.3 is 0 Å². The van der Waals surface area contributed by atoms with E-state index in [1.807, 2.05) is 28.0 Å². The van der Waals surface area contributed by atoms with Crippen LogP contribution in [0.25, 0.3) is 0 Å². The summed E-state index contributed by atoms with van der Waals surface area (Å²) in [5, 5.41) is 2.96. The highest BCUT2D eigenvalue weighted by Crippen LogP contribution is 2.32. The van der Waals surface area contributed by atoms with Crippen molar-refractivity contribution in [2.24, 2.45) is 5.92 Å². The maximum atomic E-state index is 13.6. The fourth-order valence-corrected chi connectivity index (χ4v) is 4.61. The Balaban J connectivity index is 1.54. The summed E-state index contributed by atoms with van der Waals surface area (Å²) in [7, 11) is 0. The van der Waals surface area contributed by atoms with Crippen LogP contribution in [0.1, 0.15) is 36.9 Å². The van der Waals surface area contributed by atoms with Gasteiger partial charge < -0.3 is 10.2 Å². The van der Waals surface area contributed by atoms with Crippen LogP contribution < -0.4 is 5.32 Å². The zero-order chi connectivity index (χ0) is 22.0. The second-order valence-corrected chi connectivity index (χ2v) is 8.91. The highest BCUT2D eigenvalue weighted by molar-refractivity contribution is 6.33. The summed E-state index contributed by atoms with van der Waals surface area (Å²) in [6.07, 6.45) is 2.77. The molecular formula is C24H27ClFN3O2. The first-order chi connectivity index (χ1) is 14.9. The van der Waals surface area contributed by atoms with Crippen molar-refractivity contribution in [2.75, 3.05) is 31.5 Å². The molecule has 0 saturated carbocycles. The van der Waals surface area contributed by atoms with Gasteiger partial charge in [-0.25, -0.2) is 4.39 Å². The molecule has 2 aliphatic heterocycles. The standard InChI is InChI=1S/C24H27ClFN3O2/c1-16-8-11-28(12-9-16)24(31)23-19-5-3-2-4-17(19)10-13-29(23)15-22(30)27-21-14-18(26)6-7-20(21)25/h2-7,14,16,23H,8-13,15H2,1H3,(H,27,30). The molecule has 2 heterocycles. The molecule has 1 N–H and O–H groups in total. The monoisotopic (exact) mass is 443 g/mol. The molecule has 4 rings (SSSR count). The second-order valence-electron chi connectivity index (χ2n) is 8.50. The van der Waals surface area contributed by atoms with Crippen LogP contribution in [0.15, 0.2) is 42.5 Å². The molecule has 0 aliphatic carbocycles. The van der Waals surface area contributed by atoms with Gasteiger partial charge in [-0.1, -0.05) is 42.8 Å². The number of hydrogen-bond acceptors (Lipinski definition) is 3. The van der Waals surface area contributed by atoms with E-state index in [9.17, 15) is 14.0 Å². The van der Waals surface area contributed by atoms with Crippen molar-refractivity contribution in [1.82, 2.24) is 9.80 Å². The highest BCUT2D eigenvalue weighted by Gasteiger charge is 2.37. The summed E-state index contributed by atoms with van der Waals surface area (Å²) in [6.45, 7) is 4.34. The van der Waals surface area contributed by atoms with Crippen LogP contribution in [0.3, 0.4) is 0 Å². The lowest BCUT2D eigenvalue weighted by atomic mass is 9.90. The number of nitrogens with zero attached hydrogens (tertiary/aromatic N) is 2. The number of carbonyl (C=O) groups excluding carboxylic acids is 2. The largest absolute Gasteiger partial charge is 0.341 e. The number of likely N-dealkylation sites (tertiary alicyclic amines) is 1. The first-order valence-electron chi connectivity index (χ1n) is 10.8. The molecule has 2 aromatic rings. The van der Waals surface area contributed by atoms with E-state index in [1.165, 1.54) is 18.2 Å². The minimum absolute atomic E-state index is 0.0296. The first-order valence-corrected chi connectivity index (χ1v) is 11.2. The molecule has 0 aromatic heterocycles. The Hall–Kier alpha value is -2.44. The van der Waals surface area contributed by atoms with Gasteiger partial charge in [0.15, 0.2) is 0 Å². The molecule has 2 aliphatic rings. The van der Waals surface area contributed by atoms with Gasteiger partial charge in [0.25, 0.3) is 0 Å². The number of piperidine rings is 1. The van der Waals surface area contributed by atoms with Gasteiger partial charge in [0.1, 0.15) is 11.9 Å². The van der Waals surface area contributed by atoms with Crippen molar-refractivity contribution in [2.45, 2.75) is 32.2 Å². The van der Waals surface area contributed by atoms with E-state index in [2.05, 4.69) is 18.3 Å². The topological polar surface area (TPSA) is 52.7 Å². The van der Waals surface area contributed by atoms with E-state index >= 15 is 0 Å². The Morgan fingerprint density at radius 2 is 1.87 bits per heavy atom. The summed E-state index contributed by atoms with van der Waals surface area (Å²) >= 11 is 6.09. The number of carbonyl (C=O) groups is 2. The molecule has 7 heteroatoms. The van der Waals surface area contributed by atoms with Gasteiger partial charge in [-0.2, -0.15) is 0 Å². The fourth-order valence-electron chi connectivity index (χ4n) is 4.45. The fraction of sp³-hybridized carbons (Fsp3) is 0.417. The van der Waals surface area contributed by atoms with Crippen molar-refractivity contribution in [1.29, 1.82) is 0 Å². The summed E-state index contributed by atoms with van der Waals surface area (Å²) in [5.74, 6) is -0.118. The zero-order valence-electron chi connectivity index (χ0n) is 17.6. The van der Waals surface area contributed by atoms with Crippen molar-refractivity contribution in [3.63, 3.8) is 0 Å². The molecule has 5 nitrogen and oxygen atoms in total. The number of hydrogen-bond donors (Lipinski definition) is 1. The molecule has 164 valence electrons. The van der Waals surface area contributed by atoms with Crippen LogP contribution in [0.4, 0.5) is 10.1 Å². The average molecular weight is 444 g/mol. The lowest BCUT2D eigenvalue weighted by molar-refractivity contribution is -0.139. The van der Waals surface area contributed by atoms with E-state index in [-0.39, 0.29) is 29.1 Å². The van der Waals surface area contributed by atoms with Crippen LogP contribution in [0.2, 0.25) is 5.02 Å². The number of benzene rings is 2. The Morgan fingerprint density at radius 3 is 2.65 bits per heavy atom. The molecule has 2 amide bonds. The van der Waals surface area contributed by atoms with Gasteiger partial charge in [0.05, 0.1) is 17.3 Å². The van der Waals surface area contributed by atoms with Crippen molar-refractivity contribution in [3.8, 4) is 0 Å². The minimum atomic E-state index is -0.493. The molecule has 2 aromatic carbocycles. The minimum Gasteiger partial charge on any atom is -0.341 e. The maximum Gasteiger partial charge on any atom is 0.244 e. The summed E-state index contributed by atoms with van der Waals surface area (Å²) in [4.78, 5) is 30.2. The predicted molar refractivity (Wildman–Crippen MR) is 119 cm³/mol. The van der Waals surface area contributed by atoms with Crippen LogP contribution in [0, 0.1) is 11.7 Å². The maximum absolute atomic E-state index is 13.6. The molecule has 31 heavy (non-hydrogen) atoms. The normalized spacial score (nSPS) is 19.7. The zero-order valence-corrected chi connectivity index (χ0v) is 18.4. The molecule has 1 fully saturated rings. The van der Waals surface area contributed by atoms with Gasteiger partial charge in [0.2, 0.25) is 11.8 Å². The number of nitrogens with one attached hydrogen (secondary N) is 1. The van der Waals surface area contributed by atoms with Crippen molar-refractivity contribution < 1.29 is 14.0 Å². The van der Waals surface area contributed by atoms with E-state index in [4.69, 9.17) is 11.6 Å². The van der Waals surface area contributed by atoms with Gasteiger partial charge in [0, 0.05) is 19.6 Å². The van der Waals surface area contributed by atoms with E-state index < -0.39 is 11.9 Å². The number of fused-ring (bicyclic) bond motifs is 1. The third kappa shape index (κ3) is 4.91. The van der Waals surface area contributed by atoms with Crippen molar-refractivity contribution in [3.05, 3.63) is 64.4 Å². The van der Waals surface area contributed by atoms with E-state index in [1.54, 1.807) is 0 Å². The Bertz CT molecular complexity index is 975. The molecule has 1 saturated heterocycles. The van der Waals surface area contributed by atoms with Crippen LogP contribution in [0.5, 0.6) is 0 Å². The molecule has 0 bridgehead atoms. The molecule has 0 radical (unpaired) electrons. The highest BCUT2D eigenvalue weighted by atomic mass is 35.5. The Morgan fingerprint density at radius 1 is 1.13 bits per heavy atom. The summed E-state index contributed by atoms with van der Waals surface area (Å²) < 4.78 is 13.6. The SMILES string of the molecule is CC1CCN(C(=O)C2c3ccccc3CCN2CC(=O)Nc2cc(F)ccc2Cl)CC1. The molecule has 0 spiro atoms. The predicted octanol–water partition coefficient (Wildman–Crippen LogP) is 4.28. The second kappa shape index (κ2) is 9.37. The number of anilines is 1. The van der Waals surface area contributed by atoms with Gasteiger partial charge in [-0.15, -0.1) is 0 Å². The summed E-state index contributed by atoms with van der Waals surface area (Å²) in [5.41, 5.74) is 2.35. The smallest absolute Gasteiger partial charge is 0.244 e. The lowest BCUT2D eigenvalue weighted by Crippen LogP contribution is -2.50. The van der Waals surface area contributed by atoms with E-state index in [0.717, 1.165) is 43.5 Å². The van der Waals surface area contributed by atoms with Gasteiger partial charge in [-0.3, -0.25) is 14.5 Å². The third-order valence-electron chi connectivity index (χ3n) is 6.26. The lowest BCUT2D eigenvalue weighted by Gasteiger charge is -2.40. The van der Waals surface area contributed by atoms with Crippen LogP contribution in [-0.2, 0) is 16.0 Å². The summed E-state index contributed by atoms with van der Waals surface area (Å²) in [6, 6.07) is 11.3. The van der Waals surface area contributed by atoms with Crippen LogP contribution in [-0.4, -0.2) is 47.8 Å². The molecular weight excluding hydrogens is 417 g/mol. The quantitative estimate of drug-likeness (QED) is 0.767. The van der Waals surface area contributed by atoms with Gasteiger partial charge in [-0.05, 0) is 54.5 Å². The molecule has 1 unspecified atom stereocenters. The third-order valence-corrected chi connectivity index (χ3v) is 6.59. The molecule has 1 atom stereocenters. The number of rotatable bonds is 4. The van der Waals surface area contributed by atoms with Crippen LogP contribution >= 0.6 is 11.6 Å². The average Bonchev–Trinajstić information content (AvgIpc) is 2.76. The number of amides is 2.